The van der Waals surface area contributed by atoms with Gasteiger partial charge >= 0.3 is 0 Å². The van der Waals surface area contributed by atoms with Crippen LogP contribution in [0.1, 0.15) is 0 Å². The van der Waals surface area contributed by atoms with Crippen molar-refractivity contribution in [3.8, 4) is 22.3 Å². The predicted octanol–water partition coefficient (Wildman–Crippen LogP) is 16.5. The van der Waals surface area contributed by atoms with Crippen LogP contribution in [-0.2, 0) is 0 Å². The molecule has 13 aromatic rings. The van der Waals surface area contributed by atoms with E-state index in [2.05, 4.69) is 187 Å². The van der Waals surface area contributed by atoms with Crippen molar-refractivity contribution in [2.45, 2.75) is 0 Å². The first-order valence-corrected chi connectivity index (χ1v) is 20.3. The van der Waals surface area contributed by atoms with Crippen molar-refractivity contribution < 1.29 is 13.3 Å². The van der Waals surface area contributed by atoms with Crippen LogP contribution in [0.2, 0.25) is 0 Å². The maximum absolute atomic E-state index is 6.59. The minimum atomic E-state index is 0.813. The molecular formula is C56H33NO3. The zero-order valence-electron chi connectivity index (χ0n) is 32.2. The molecule has 0 saturated heterocycles. The molecule has 3 heterocycles. The fourth-order valence-electron chi connectivity index (χ4n) is 9.50. The molecular weight excluding hydrogens is 735 g/mol. The highest BCUT2D eigenvalue weighted by atomic mass is 16.3. The van der Waals surface area contributed by atoms with E-state index < -0.39 is 0 Å². The van der Waals surface area contributed by atoms with Gasteiger partial charge in [-0.3, -0.25) is 0 Å². The van der Waals surface area contributed by atoms with E-state index in [1.54, 1.807) is 0 Å². The molecule has 0 aliphatic carbocycles. The molecule has 0 bridgehead atoms. The summed E-state index contributed by atoms with van der Waals surface area (Å²) in [6.45, 7) is 0. The van der Waals surface area contributed by atoms with Gasteiger partial charge < -0.3 is 18.2 Å². The van der Waals surface area contributed by atoms with Crippen molar-refractivity contribution in [2.24, 2.45) is 0 Å². The van der Waals surface area contributed by atoms with Crippen molar-refractivity contribution in [1.82, 2.24) is 0 Å². The van der Waals surface area contributed by atoms with Gasteiger partial charge in [0, 0.05) is 50.1 Å². The molecule has 4 heteroatoms. The van der Waals surface area contributed by atoms with E-state index in [-0.39, 0.29) is 0 Å². The standard InChI is InChI=1S/C56H33NO3/c1-3-12-41-34(9-1)11-7-15-42(41)36-19-24-38(25-20-36)57(40-28-29-47-52(33-40)59-50-31-23-35-10-2-4-13-43(35)53(47)50)39-26-21-37(22-27-39)44-16-8-18-49-54(44)55-51(58-49)32-30-46-45-14-5-6-17-48(45)60-56(46)55/h1-33H. The molecule has 0 fully saturated rings. The first-order valence-electron chi connectivity index (χ1n) is 20.3. The summed E-state index contributed by atoms with van der Waals surface area (Å²) in [4.78, 5) is 2.31. The molecule has 4 nitrogen and oxygen atoms in total. The Bertz CT molecular complexity index is 3820. The number of hydrogen-bond acceptors (Lipinski definition) is 4. The van der Waals surface area contributed by atoms with Crippen LogP contribution < -0.4 is 4.90 Å². The van der Waals surface area contributed by atoms with Crippen LogP contribution in [0.25, 0.3) is 110 Å². The van der Waals surface area contributed by atoms with E-state index in [1.807, 2.05) is 18.2 Å². The van der Waals surface area contributed by atoms with Gasteiger partial charge in [0.2, 0.25) is 0 Å². The molecule has 0 saturated carbocycles. The number of furan rings is 3. The van der Waals surface area contributed by atoms with Gasteiger partial charge in [-0.15, -0.1) is 0 Å². The summed E-state index contributed by atoms with van der Waals surface area (Å²) in [5.41, 5.74) is 12.7. The average molecular weight is 768 g/mol. The lowest BCUT2D eigenvalue weighted by Crippen LogP contribution is -2.09. The van der Waals surface area contributed by atoms with Gasteiger partial charge in [0.05, 0.1) is 5.39 Å². The number of anilines is 3. The summed E-state index contributed by atoms with van der Waals surface area (Å²) in [5, 5.41) is 11.3. The van der Waals surface area contributed by atoms with Crippen LogP contribution in [0.3, 0.4) is 0 Å². The quantitative estimate of drug-likeness (QED) is 0.175. The van der Waals surface area contributed by atoms with Gasteiger partial charge in [0.1, 0.15) is 33.5 Å². The molecule has 0 aliphatic heterocycles. The van der Waals surface area contributed by atoms with Crippen LogP contribution in [0, 0.1) is 0 Å². The fourth-order valence-corrected chi connectivity index (χ4v) is 9.50. The van der Waals surface area contributed by atoms with Crippen LogP contribution in [0.5, 0.6) is 0 Å². The third kappa shape index (κ3) is 4.91. The summed E-state index contributed by atoms with van der Waals surface area (Å²) in [5.74, 6) is 0. The van der Waals surface area contributed by atoms with E-state index >= 15 is 0 Å². The number of para-hydroxylation sites is 1. The Morgan fingerprint density at radius 3 is 1.65 bits per heavy atom. The minimum Gasteiger partial charge on any atom is -0.456 e. The average Bonchev–Trinajstić information content (AvgIpc) is 4.01. The van der Waals surface area contributed by atoms with Gasteiger partial charge in [-0.2, -0.15) is 0 Å². The summed E-state index contributed by atoms with van der Waals surface area (Å²) >= 11 is 0. The fraction of sp³-hybridized carbons (Fsp3) is 0. The van der Waals surface area contributed by atoms with E-state index in [0.717, 1.165) is 94.0 Å². The molecule has 0 unspecified atom stereocenters. The lowest BCUT2D eigenvalue weighted by atomic mass is 9.97. The van der Waals surface area contributed by atoms with Gasteiger partial charge in [0.25, 0.3) is 0 Å². The molecule has 0 spiro atoms. The normalized spacial score (nSPS) is 12.0. The highest BCUT2D eigenvalue weighted by molar-refractivity contribution is 6.25. The van der Waals surface area contributed by atoms with Gasteiger partial charge in [-0.05, 0) is 111 Å². The summed E-state index contributed by atoms with van der Waals surface area (Å²) in [6.07, 6.45) is 0. The maximum atomic E-state index is 6.59. The summed E-state index contributed by atoms with van der Waals surface area (Å²) < 4.78 is 19.6. The Labute approximate surface area is 343 Å². The van der Waals surface area contributed by atoms with Gasteiger partial charge in [-0.1, -0.05) is 127 Å². The smallest absolute Gasteiger partial charge is 0.147 e. The first-order chi connectivity index (χ1) is 29.7. The van der Waals surface area contributed by atoms with E-state index in [0.29, 0.717) is 0 Å². The second kappa shape index (κ2) is 12.7. The Hall–Kier alpha value is -8.08. The Balaban J connectivity index is 0.965. The molecule has 0 N–H and O–H groups in total. The second-order valence-corrected chi connectivity index (χ2v) is 15.6. The third-order valence-electron chi connectivity index (χ3n) is 12.3. The molecule has 3 aromatic heterocycles. The second-order valence-electron chi connectivity index (χ2n) is 15.6. The number of fused-ring (bicyclic) bond motifs is 13. The van der Waals surface area contributed by atoms with Gasteiger partial charge in [-0.25, -0.2) is 0 Å². The largest absolute Gasteiger partial charge is 0.456 e. The predicted molar refractivity (Wildman–Crippen MR) is 249 cm³/mol. The molecule has 0 aliphatic rings. The molecule has 0 atom stereocenters. The Kier molecular flexibility index (Phi) is 6.98. The highest BCUT2D eigenvalue weighted by Gasteiger charge is 2.21. The van der Waals surface area contributed by atoms with Crippen LogP contribution >= 0.6 is 0 Å². The van der Waals surface area contributed by atoms with Crippen molar-refractivity contribution >= 4 is 104 Å². The molecule has 13 rings (SSSR count). The van der Waals surface area contributed by atoms with Crippen molar-refractivity contribution in [1.29, 1.82) is 0 Å². The maximum Gasteiger partial charge on any atom is 0.147 e. The topological polar surface area (TPSA) is 42.7 Å². The first kappa shape index (κ1) is 32.9. The van der Waals surface area contributed by atoms with Crippen molar-refractivity contribution in [3.63, 3.8) is 0 Å². The van der Waals surface area contributed by atoms with E-state index in [4.69, 9.17) is 13.3 Å². The van der Waals surface area contributed by atoms with Gasteiger partial charge in [0.15, 0.2) is 0 Å². The lowest BCUT2D eigenvalue weighted by Gasteiger charge is -2.26. The highest BCUT2D eigenvalue weighted by Crippen LogP contribution is 2.45. The molecule has 280 valence electrons. The van der Waals surface area contributed by atoms with Crippen LogP contribution in [0.15, 0.2) is 213 Å². The molecule has 10 aromatic carbocycles. The monoisotopic (exact) mass is 767 g/mol. The lowest BCUT2D eigenvalue weighted by molar-refractivity contribution is 0.663. The van der Waals surface area contributed by atoms with Crippen LogP contribution in [-0.4, -0.2) is 0 Å². The molecule has 0 amide bonds. The Morgan fingerprint density at radius 1 is 0.283 bits per heavy atom. The molecule has 0 radical (unpaired) electrons. The third-order valence-corrected chi connectivity index (χ3v) is 12.3. The molecule has 60 heavy (non-hydrogen) atoms. The number of hydrogen-bond donors (Lipinski definition) is 0. The number of rotatable bonds is 5. The zero-order valence-corrected chi connectivity index (χ0v) is 32.2. The zero-order chi connectivity index (χ0) is 39.3. The van der Waals surface area contributed by atoms with E-state index in [1.165, 1.54) is 32.7 Å². The summed E-state index contributed by atoms with van der Waals surface area (Å²) in [6, 6.07) is 70.8. The number of nitrogens with zero attached hydrogens (tertiary/aromatic N) is 1. The number of benzene rings is 10. The van der Waals surface area contributed by atoms with E-state index in [9.17, 15) is 0 Å². The minimum absolute atomic E-state index is 0.813. The van der Waals surface area contributed by atoms with Crippen molar-refractivity contribution in [2.75, 3.05) is 4.90 Å². The van der Waals surface area contributed by atoms with Crippen LogP contribution in [0.4, 0.5) is 17.1 Å². The SMILES string of the molecule is c1ccc2c(-c3ccc(N(c4ccc(-c5cccc6oc7ccc8c9ccccc9oc8c7c56)cc4)c4ccc5c(c4)oc4ccc6ccccc6c45)cc3)cccc2c1. The van der Waals surface area contributed by atoms with Crippen molar-refractivity contribution in [3.05, 3.63) is 200 Å². The summed E-state index contributed by atoms with van der Waals surface area (Å²) in [7, 11) is 0. The Morgan fingerprint density at radius 2 is 0.833 bits per heavy atom.